The van der Waals surface area contributed by atoms with Gasteiger partial charge in [-0.05, 0) is 40.2 Å². The van der Waals surface area contributed by atoms with Crippen LogP contribution in [0.2, 0.25) is 0 Å². The summed E-state index contributed by atoms with van der Waals surface area (Å²) in [7, 11) is 0. The van der Waals surface area contributed by atoms with Crippen molar-refractivity contribution in [3.05, 3.63) is 41.3 Å². The lowest BCUT2D eigenvalue weighted by atomic mass is 10.2. The molecular formula is C14H15BrN4O. The van der Waals surface area contributed by atoms with E-state index in [1.165, 1.54) is 12.0 Å². The molecule has 1 aliphatic heterocycles. The summed E-state index contributed by atoms with van der Waals surface area (Å²) >= 11 is 3.33. The van der Waals surface area contributed by atoms with Crippen LogP contribution in [0.15, 0.2) is 41.3 Å². The van der Waals surface area contributed by atoms with Crippen LogP contribution in [0.4, 0.5) is 17.2 Å². The summed E-state index contributed by atoms with van der Waals surface area (Å²) in [5, 5.41) is 3.25. The molecule has 1 aromatic heterocycles. The molecule has 0 unspecified atom stereocenters. The molecule has 1 aliphatic rings. The van der Waals surface area contributed by atoms with Crippen LogP contribution in [0.5, 0.6) is 0 Å². The maximum absolute atomic E-state index is 5.36. The Balaban J connectivity index is 1.69. The Bertz CT molecular complexity index is 570. The first-order valence-corrected chi connectivity index (χ1v) is 7.28. The van der Waals surface area contributed by atoms with Gasteiger partial charge in [-0.15, -0.1) is 0 Å². The summed E-state index contributed by atoms with van der Waals surface area (Å²) in [4.78, 5) is 10.5. The Kier molecular flexibility index (Phi) is 4.13. The third-order valence-corrected chi connectivity index (χ3v) is 3.58. The van der Waals surface area contributed by atoms with Crippen LogP contribution in [-0.4, -0.2) is 36.3 Å². The first-order valence-electron chi connectivity index (χ1n) is 6.48. The molecular weight excluding hydrogens is 320 g/mol. The van der Waals surface area contributed by atoms with Gasteiger partial charge in [0.15, 0.2) is 0 Å². The van der Waals surface area contributed by atoms with E-state index in [0.717, 1.165) is 42.4 Å². The second-order valence-corrected chi connectivity index (χ2v) is 5.31. The Morgan fingerprint density at radius 3 is 2.55 bits per heavy atom. The van der Waals surface area contributed by atoms with E-state index in [1.807, 2.05) is 6.07 Å². The highest BCUT2D eigenvalue weighted by Crippen LogP contribution is 2.21. The van der Waals surface area contributed by atoms with E-state index >= 15 is 0 Å². The smallest absolute Gasteiger partial charge is 0.134 e. The molecule has 20 heavy (non-hydrogen) atoms. The standard InChI is InChI=1S/C14H15BrN4O/c15-13-9-14(17-10-16-13)18-11-1-3-12(4-2-11)19-5-7-20-8-6-19/h1-4,9-10H,5-8H2,(H,16,17,18). The second kappa shape index (κ2) is 6.19. The van der Waals surface area contributed by atoms with Crippen molar-refractivity contribution < 1.29 is 4.74 Å². The number of benzene rings is 1. The number of ether oxygens (including phenoxy) is 1. The normalized spacial score (nSPS) is 15.2. The number of nitrogens with one attached hydrogen (secondary N) is 1. The lowest BCUT2D eigenvalue weighted by molar-refractivity contribution is 0.122. The van der Waals surface area contributed by atoms with Crippen molar-refractivity contribution in [3.63, 3.8) is 0 Å². The quantitative estimate of drug-likeness (QED) is 0.874. The molecule has 2 heterocycles. The molecule has 1 aromatic carbocycles. The van der Waals surface area contributed by atoms with Gasteiger partial charge in [0, 0.05) is 30.5 Å². The number of halogens is 1. The van der Waals surface area contributed by atoms with Crippen molar-refractivity contribution in [2.45, 2.75) is 0 Å². The van der Waals surface area contributed by atoms with E-state index in [2.05, 4.69) is 60.4 Å². The number of morpholine rings is 1. The highest BCUT2D eigenvalue weighted by atomic mass is 79.9. The molecule has 6 heteroatoms. The lowest BCUT2D eigenvalue weighted by Gasteiger charge is -2.28. The third kappa shape index (κ3) is 3.26. The predicted octanol–water partition coefficient (Wildman–Crippen LogP) is 2.82. The van der Waals surface area contributed by atoms with E-state index in [0.29, 0.717) is 0 Å². The summed E-state index contributed by atoms with van der Waals surface area (Å²) in [5.74, 6) is 0.769. The SMILES string of the molecule is Brc1cc(Nc2ccc(N3CCOCC3)cc2)ncn1. The molecule has 1 fully saturated rings. The molecule has 0 amide bonds. The van der Waals surface area contributed by atoms with E-state index < -0.39 is 0 Å². The monoisotopic (exact) mass is 334 g/mol. The van der Waals surface area contributed by atoms with Crippen LogP contribution in [0.1, 0.15) is 0 Å². The minimum absolute atomic E-state index is 0.764. The van der Waals surface area contributed by atoms with Gasteiger partial charge < -0.3 is 15.0 Å². The van der Waals surface area contributed by atoms with Crippen molar-refractivity contribution in [2.75, 3.05) is 36.5 Å². The highest BCUT2D eigenvalue weighted by molar-refractivity contribution is 9.10. The number of rotatable bonds is 3. The highest BCUT2D eigenvalue weighted by Gasteiger charge is 2.10. The minimum Gasteiger partial charge on any atom is -0.378 e. The Morgan fingerprint density at radius 2 is 1.85 bits per heavy atom. The van der Waals surface area contributed by atoms with Crippen molar-refractivity contribution >= 4 is 33.1 Å². The Hall–Kier alpha value is -1.66. The van der Waals surface area contributed by atoms with Crippen LogP contribution in [0.3, 0.4) is 0 Å². The molecule has 1 saturated heterocycles. The minimum atomic E-state index is 0.764. The number of hydrogen-bond donors (Lipinski definition) is 1. The van der Waals surface area contributed by atoms with Gasteiger partial charge in [0.05, 0.1) is 13.2 Å². The summed E-state index contributed by atoms with van der Waals surface area (Å²) in [6.07, 6.45) is 1.52. The molecule has 0 bridgehead atoms. The van der Waals surface area contributed by atoms with Gasteiger partial charge in [-0.3, -0.25) is 0 Å². The molecule has 0 aliphatic carbocycles. The molecule has 1 N–H and O–H groups in total. The van der Waals surface area contributed by atoms with Gasteiger partial charge in [-0.2, -0.15) is 0 Å². The largest absolute Gasteiger partial charge is 0.378 e. The van der Waals surface area contributed by atoms with E-state index in [1.54, 1.807) is 0 Å². The first-order chi connectivity index (χ1) is 9.81. The van der Waals surface area contributed by atoms with Crippen LogP contribution in [0, 0.1) is 0 Å². The fourth-order valence-electron chi connectivity index (χ4n) is 2.13. The van der Waals surface area contributed by atoms with Crippen molar-refractivity contribution in [3.8, 4) is 0 Å². The first kappa shape index (κ1) is 13.3. The predicted molar refractivity (Wildman–Crippen MR) is 82.5 cm³/mol. The van der Waals surface area contributed by atoms with Gasteiger partial charge in [0.1, 0.15) is 16.7 Å². The Labute approximate surface area is 126 Å². The summed E-state index contributed by atoms with van der Waals surface area (Å²) in [5.41, 5.74) is 2.23. The average Bonchev–Trinajstić information content (AvgIpc) is 2.49. The average molecular weight is 335 g/mol. The maximum atomic E-state index is 5.36. The molecule has 3 rings (SSSR count). The number of aromatic nitrogens is 2. The van der Waals surface area contributed by atoms with Crippen molar-refractivity contribution in [2.24, 2.45) is 0 Å². The lowest BCUT2D eigenvalue weighted by Crippen LogP contribution is -2.36. The number of hydrogen-bond acceptors (Lipinski definition) is 5. The van der Waals surface area contributed by atoms with E-state index in [-0.39, 0.29) is 0 Å². The van der Waals surface area contributed by atoms with Gasteiger partial charge in [-0.1, -0.05) is 0 Å². The molecule has 104 valence electrons. The van der Waals surface area contributed by atoms with Crippen LogP contribution < -0.4 is 10.2 Å². The third-order valence-electron chi connectivity index (χ3n) is 3.15. The van der Waals surface area contributed by atoms with E-state index in [4.69, 9.17) is 4.74 Å². The van der Waals surface area contributed by atoms with Crippen LogP contribution >= 0.6 is 15.9 Å². The maximum Gasteiger partial charge on any atom is 0.134 e. The molecule has 2 aromatic rings. The second-order valence-electron chi connectivity index (χ2n) is 4.50. The molecule has 0 spiro atoms. The summed E-state index contributed by atoms with van der Waals surface area (Å²) in [6.45, 7) is 3.50. The fourth-order valence-corrected chi connectivity index (χ4v) is 2.44. The molecule has 0 atom stereocenters. The number of anilines is 3. The van der Waals surface area contributed by atoms with Crippen LogP contribution in [-0.2, 0) is 4.74 Å². The zero-order valence-corrected chi connectivity index (χ0v) is 12.5. The number of nitrogens with zero attached hydrogens (tertiary/aromatic N) is 3. The molecule has 5 nitrogen and oxygen atoms in total. The van der Waals surface area contributed by atoms with Gasteiger partial charge in [0.25, 0.3) is 0 Å². The van der Waals surface area contributed by atoms with Crippen molar-refractivity contribution in [1.82, 2.24) is 9.97 Å². The Morgan fingerprint density at radius 1 is 1.10 bits per heavy atom. The topological polar surface area (TPSA) is 50.3 Å². The van der Waals surface area contributed by atoms with Gasteiger partial charge in [-0.25, -0.2) is 9.97 Å². The van der Waals surface area contributed by atoms with Crippen LogP contribution in [0.25, 0.3) is 0 Å². The zero-order chi connectivity index (χ0) is 13.8. The zero-order valence-electron chi connectivity index (χ0n) is 10.9. The molecule has 0 radical (unpaired) electrons. The summed E-state index contributed by atoms with van der Waals surface area (Å²) in [6, 6.07) is 10.2. The van der Waals surface area contributed by atoms with Crippen molar-refractivity contribution in [1.29, 1.82) is 0 Å². The van der Waals surface area contributed by atoms with Gasteiger partial charge >= 0.3 is 0 Å². The van der Waals surface area contributed by atoms with Gasteiger partial charge in [0.2, 0.25) is 0 Å². The summed E-state index contributed by atoms with van der Waals surface area (Å²) < 4.78 is 6.13. The molecule has 0 saturated carbocycles. The van der Waals surface area contributed by atoms with E-state index in [9.17, 15) is 0 Å². The fraction of sp³-hybridized carbons (Fsp3) is 0.286.